The van der Waals surface area contributed by atoms with Gasteiger partial charge in [0.05, 0.1) is 12.8 Å². The van der Waals surface area contributed by atoms with Crippen LogP contribution in [-0.4, -0.2) is 31.5 Å². The predicted octanol–water partition coefficient (Wildman–Crippen LogP) is 3.99. The molecule has 0 radical (unpaired) electrons. The number of carbonyl (C=O) groups excluding carboxylic acids is 1. The van der Waals surface area contributed by atoms with Crippen molar-refractivity contribution in [2.24, 2.45) is 4.99 Å². The van der Waals surface area contributed by atoms with Crippen LogP contribution in [-0.2, 0) is 24.2 Å². The van der Waals surface area contributed by atoms with Gasteiger partial charge >= 0.3 is 0 Å². The van der Waals surface area contributed by atoms with Gasteiger partial charge in [0, 0.05) is 43.0 Å². The number of anilines is 1. The van der Waals surface area contributed by atoms with E-state index in [1.807, 2.05) is 29.2 Å². The van der Waals surface area contributed by atoms with Gasteiger partial charge in [-0.1, -0.05) is 18.2 Å². The molecule has 31 heavy (non-hydrogen) atoms. The van der Waals surface area contributed by atoms with Crippen molar-refractivity contribution in [3.63, 3.8) is 0 Å². The molecule has 0 saturated carbocycles. The number of nitrogens with one attached hydrogen (secondary N) is 2. The number of hydrogen-bond donors (Lipinski definition) is 2. The van der Waals surface area contributed by atoms with Crippen molar-refractivity contribution >= 4 is 28.9 Å². The molecule has 0 bridgehead atoms. The Hall–Kier alpha value is -3.06. The molecule has 4 rings (SSSR count). The fourth-order valence-corrected chi connectivity index (χ4v) is 4.27. The second-order valence-corrected chi connectivity index (χ2v) is 8.52. The lowest BCUT2D eigenvalue weighted by atomic mass is 10.2. The largest absolute Gasteiger partial charge is 0.469 e. The fraction of sp³-hybridized carbons (Fsp3) is 0.333. The third-order valence-corrected chi connectivity index (χ3v) is 6.17. The number of hydrogen-bond acceptors (Lipinski definition) is 4. The molecule has 1 aliphatic rings. The van der Waals surface area contributed by atoms with Crippen LogP contribution in [0, 0.1) is 0 Å². The van der Waals surface area contributed by atoms with Crippen LogP contribution in [0.1, 0.15) is 29.0 Å². The van der Waals surface area contributed by atoms with Crippen molar-refractivity contribution < 1.29 is 9.21 Å². The van der Waals surface area contributed by atoms with E-state index in [0.717, 1.165) is 61.9 Å². The monoisotopic (exact) mass is 436 g/mol. The normalized spacial score (nSPS) is 14.3. The Balaban J connectivity index is 1.33. The van der Waals surface area contributed by atoms with E-state index in [2.05, 4.69) is 40.3 Å². The third-order valence-electron chi connectivity index (χ3n) is 5.23. The zero-order chi connectivity index (χ0) is 21.3. The molecule has 162 valence electrons. The zero-order valence-electron chi connectivity index (χ0n) is 17.5. The van der Waals surface area contributed by atoms with Crippen LogP contribution in [0.25, 0.3) is 0 Å². The van der Waals surface area contributed by atoms with Crippen molar-refractivity contribution in [3.8, 4) is 0 Å². The second-order valence-electron chi connectivity index (χ2n) is 7.49. The predicted molar refractivity (Wildman–Crippen MR) is 126 cm³/mol. The summed E-state index contributed by atoms with van der Waals surface area (Å²) in [6.45, 7) is 2.95. The molecule has 0 aliphatic carbocycles. The molecule has 3 heterocycles. The summed E-state index contributed by atoms with van der Waals surface area (Å²) < 4.78 is 5.41. The molecule has 0 spiro atoms. The van der Waals surface area contributed by atoms with Crippen LogP contribution in [0.5, 0.6) is 0 Å². The maximum Gasteiger partial charge on any atom is 0.227 e. The first-order valence-electron chi connectivity index (χ1n) is 10.7. The summed E-state index contributed by atoms with van der Waals surface area (Å²) in [7, 11) is 0. The van der Waals surface area contributed by atoms with Gasteiger partial charge in [-0.3, -0.25) is 4.79 Å². The number of carbonyl (C=O) groups is 1. The van der Waals surface area contributed by atoms with E-state index in [-0.39, 0.29) is 5.91 Å². The Morgan fingerprint density at radius 1 is 1.06 bits per heavy atom. The van der Waals surface area contributed by atoms with Crippen LogP contribution in [0.15, 0.2) is 69.6 Å². The third kappa shape index (κ3) is 6.21. The minimum absolute atomic E-state index is 0.212. The number of aliphatic imine (C=N–C) groups is 1. The molecule has 2 N–H and O–H groups in total. The van der Waals surface area contributed by atoms with Crippen LogP contribution in [0.4, 0.5) is 5.69 Å². The van der Waals surface area contributed by atoms with Crippen molar-refractivity contribution in [1.82, 2.24) is 10.6 Å². The molecule has 1 saturated heterocycles. The minimum Gasteiger partial charge on any atom is -0.469 e. The van der Waals surface area contributed by atoms with Crippen LogP contribution < -0.4 is 15.5 Å². The molecule has 1 aromatic carbocycles. The highest BCUT2D eigenvalue weighted by molar-refractivity contribution is 7.09. The van der Waals surface area contributed by atoms with E-state index in [1.165, 1.54) is 4.88 Å². The number of nitrogens with zero attached hydrogens (tertiary/aromatic N) is 2. The zero-order valence-corrected chi connectivity index (χ0v) is 18.4. The van der Waals surface area contributed by atoms with Gasteiger partial charge in [-0.2, -0.15) is 0 Å². The summed E-state index contributed by atoms with van der Waals surface area (Å²) >= 11 is 1.77. The summed E-state index contributed by atoms with van der Waals surface area (Å²) in [4.78, 5) is 19.9. The highest BCUT2D eigenvalue weighted by atomic mass is 32.1. The van der Waals surface area contributed by atoms with Crippen LogP contribution in [0.3, 0.4) is 0 Å². The van der Waals surface area contributed by atoms with Crippen molar-refractivity contribution in [2.45, 2.75) is 32.2 Å². The van der Waals surface area contributed by atoms with Crippen LogP contribution in [0.2, 0.25) is 0 Å². The smallest absolute Gasteiger partial charge is 0.227 e. The first-order chi connectivity index (χ1) is 15.3. The van der Waals surface area contributed by atoms with Gasteiger partial charge in [0.15, 0.2) is 5.96 Å². The van der Waals surface area contributed by atoms with Crippen molar-refractivity contribution in [3.05, 3.63) is 76.4 Å². The number of thiophene rings is 1. The van der Waals surface area contributed by atoms with E-state index in [9.17, 15) is 4.79 Å². The molecular formula is C24H28N4O2S. The van der Waals surface area contributed by atoms with Gasteiger partial charge in [0.25, 0.3) is 0 Å². The number of furan rings is 1. The van der Waals surface area contributed by atoms with Gasteiger partial charge in [-0.25, -0.2) is 4.99 Å². The summed E-state index contributed by atoms with van der Waals surface area (Å²) in [6.07, 6.45) is 5.06. The van der Waals surface area contributed by atoms with E-state index in [0.29, 0.717) is 13.0 Å². The van der Waals surface area contributed by atoms with Crippen molar-refractivity contribution in [1.29, 1.82) is 0 Å². The van der Waals surface area contributed by atoms with Crippen molar-refractivity contribution in [2.75, 3.05) is 24.5 Å². The fourth-order valence-electron chi connectivity index (χ4n) is 3.56. The molecule has 2 aromatic heterocycles. The average Bonchev–Trinajstić information content (AvgIpc) is 3.56. The molecule has 1 fully saturated rings. The Kier molecular flexibility index (Phi) is 7.39. The van der Waals surface area contributed by atoms with E-state index < -0.39 is 0 Å². The maximum atomic E-state index is 11.9. The summed E-state index contributed by atoms with van der Waals surface area (Å²) in [5.74, 6) is 1.96. The van der Waals surface area contributed by atoms with Gasteiger partial charge in [-0.05, 0) is 54.1 Å². The minimum atomic E-state index is 0.212. The standard InChI is InChI=1S/C24H28N4O2S/c29-23-6-1-15-28(23)20-9-7-19(8-10-20)18-27-24(25-13-11-21-4-2-16-30-21)26-14-12-22-5-3-17-31-22/h2-5,7-10,16-17H,1,6,11-15,18H2,(H2,25,26,27). The van der Waals surface area contributed by atoms with Gasteiger partial charge in [0.1, 0.15) is 5.76 Å². The lowest BCUT2D eigenvalue weighted by Gasteiger charge is -2.16. The Morgan fingerprint density at radius 3 is 2.58 bits per heavy atom. The molecule has 7 heteroatoms. The average molecular weight is 437 g/mol. The Bertz CT molecular complexity index is 923. The molecule has 0 unspecified atom stereocenters. The SMILES string of the molecule is O=C1CCCN1c1ccc(CN=C(NCCc2ccco2)NCCc2cccs2)cc1. The second kappa shape index (κ2) is 10.8. The maximum absolute atomic E-state index is 11.9. The summed E-state index contributed by atoms with van der Waals surface area (Å²) in [5.41, 5.74) is 2.09. The molecular weight excluding hydrogens is 408 g/mol. The highest BCUT2D eigenvalue weighted by Gasteiger charge is 2.21. The van der Waals surface area contributed by atoms with E-state index in [4.69, 9.17) is 9.41 Å². The molecule has 1 amide bonds. The first-order valence-corrected chi connectivity index (χ1v) is 11.6. The number of amides is 1. The number of guanidine groups is 1. The Labute approximate surface area is 187 Å². The Morgan fingerprint density at radius 2 is 1.90 bits per heavy atom. The molecule has 6 nitrogen and oxygen atoms in total. The molecule has 0 atom stereocenters. The lowest BCUT2D eigenvalue weighted by molar-refractivity contribution is -0.117. The van der Waals surface area contributed by atoms with Crippen LogP contribution >= 0.6 is 11.3 Å². The van der Waals surface area contributed by atoms with E-state index >= 15 is 0 Å². The van der Waals surface area contributed by atoms with Gasteiger partial charge in [0.2, 0.25) is 5.91 Å². The topological polar surface area (TPSA) is 69.9 Å². The highest BCUT2D eigenvalue weighted by Crippen LogP contribution is 2.21. The number of benzene rings is 1. The first kappa shape index (κ1) is 21.2. The molecule has 1 aliphatic heterocycles. The summed E-state index contributed by atoms with van der Waals surface area (Å²) in [6, 6.07) is 16.3. The van der Waals surface area contributed by atoms with Gasteiger partial charge < -0.3 is 20.0 Å². The molecule has 3 aromatic rings. The van der Waals surface area contributed by atoms with Gasteiger partial charge in [-0.15, -0.1) is 11.3 Å². The lowest BCUT2D eigenvalue weighted by Crippen LogP contribution is -2.39. The number of rotatable bonds is 9. The van der Waals surface area contributed by atoms with E-state index in [1.54, 1.807) is 17.6 Å². The summed E-state index contributed by atoms with van der Waals surface area (Å²) in [5, 5.41) is 8.93. The quantitative estimate of drug-likeness (QED) is 0.393.